The number of rotatable bonds is 12. The van der Waals surface area contributed by atoms with Crippen LogP contribution in [0.1, 0.15) is 74.1 Å². The summed E-state index contributed by atoms with van der Waals surface area (Å²) >= 11 is 1.53. The number of carbonyl (C=O) groups is 2. The van der Waals surface area contributed by atoms with Gasteiger partial charge < -0.3 is 25.4 Å². The molecule has 3 aromatic rings. The van der Waals surface area contributed by atoms with Crippen LogP contribution in [0.25, 0.3) is 0 Å². The molecule has 1 aliphatic rings. The van der Waals surface area contributed by atoms with Crippen molar-refractivity contribution in [2.24, 2.45) is 0 Å². The molecule has 0 bridgehead atoms. The number of aliphatic hydroxyl groups is 1. The monoisotopic (exact) mass is 550 g/mol. The van der Waals surface area contributed by atoms with Crippen molar-refractivity contribution in [3.05, 3.63) is 80.8 Å². The van der Waals surface area contributed by atoms with Crippen LogP contribution in [0.2, 0.25) is 0 Å². The number of nitrogens with one attached hydrogen (secondary N) is 2. The van der Waals surface area contributed by atoms with Crippen molar-refractivity contribution >= 4 is 23.2 Å². The molecular formula is C30H38N4O4S. The Hall–Kier alpha value is -3.27. The Labute approximate surface area is 234 Å². The second-order valence-electron chi connectivity index (χ2n) is 10.2. The molecule has 4 rings (SSSR count). The minimum absolute atomic E-state index is 0.132. The molecule has 1 fully saturated rings. The maximum Gasteiger partial charge on any atom is 0.254 e. The predicted octanol–water partition coefficient (Wildman–Crippen LogP) is 4.27. The number of hydrogen-bond acceptors (Lipinski definition) is 7. The minimum Gasteiger partial charge on any atom is -0.497 e. The lowest BCUT2D eigenvalue weighted by molar-refractivity contribution is 0.0784. The SMILES string of the molecule is COc1cccc(CNCCCNC(=O)c2cc(C(=O)N(C)Cc3nc(C)cs3)cc(C3CCC(O)C3)c2)c1. The van der Waals surface area contributed by atoms with E-state index in [1.54, 1.807) is 25.1 Å². The van der Waals surface area contributed by atoms with E-state index in [0.717, 1.165) is 59.9 Å². The molecule has 8 nitrogen and oxygen atoms in total. The number of thiazole rings is 1. The third-order valence-electron chi connectivity index (χ3n) is 7.01. The maximum absolute atomic E-state index is 13.4. The summed E-state index contributed by atoms with van der Waals surface area (Å²) in [5, 5.41) is 19.3. The molecule has 2 unspecified atom stereocenters. The molecule has 3 N–H and O–H groups in total. The highest BCUT2D eigenvalue weighted by atomic mass is 32.1. The molecule has 0 radical (unpaired) electrons. The van der Waals surface area contributed by atoms with Gasteiger partial charge in [0.2, 0.25) is 0 Å². The van der Waals surface area contributed by atoms with Crippen LogP contribution >= 0.6 is 11.3 Å². The van der Waals surface area contributed by atoms with Crippen molar-refractivity contribution in [2.45, 2.75) is 57.7 Å². The predicted molar refractivity (Wildman–Crippen MR) is 153 cm³/mol. The fraction of sp³-hybridized carbons (Fsp3) is 0.433. The Kier molecular flexibility index (Phi) is 10.1. The highest BCUT2D eigenvalue weighted by Crippen LogP contribution is 2.35. The van der Waals surface area contributed by atoms with E-state index in [1.807, 2.05) is 48.7 Å². The highest BCUT2D eigenvalue weighted by molar-refractivity contribution is 7.09. The summed E-state index contributed by atoms with van der Waals surface area (Å²) in [5.74, 6) is 0.611. The van der Waals surface area contributed by atoms with E-state index in [-0.39, 0.29) is 23.8 Å². The highest BCUT2D eigenvalue weighted by Gasteiger charge is 2.26. The Bertz CT molecular complexity index is 1280. The van der Waals surface area contributed by atoms with Crippen LogP contribution in [0.5, 0.6) is 5.75 Å². The van der Waals surface area contributed by atoms with Crippen molar-refractivity contribution in [1.29, 1.82) is 0 Å². The molecule has 1 heterocycles. The fourth-order valence-electron chi connectivity index (χ4n) is 4.91. The first-order valence-corrected chi connectivity index (χ1v) is 14.3. The van der Waals surface area contributed by atoms with Gasteiger partial charge in [-0.2, -0.15) is 0 Å². The van der Waals surface area contributed by atoms with Gasteiger partial charge in [0.1, 0.15) is 10.8 Å². The molecule has 208 valence electrons. The van der Waals surface area contributed by atoms with Gasteiger partial charge in [-0.1, -0.05) is 12.1 Å². The molecule has 0 spiro atoms. The van der Waals surface area contributed by atoms with E-state index >= 15 is 0 Å². The molecule has 2 aromatic carbocycles. The summed E-state index contributed by atoms with van der Waals surface area (Å²) in [4.78, 5) is 32.6. The van der Waals surface area contributed by atoms with Gasteiger partial charge in [0, 0.05) is 42.3 Å². The summed E-state index contributed by atoms with van der Waals surface area (Å²) < 4.78 is 5.26. The average molecular weight is 551 g/mol. The number of amides is 2. The molecule has 0 saturated heterocycles. The number of hydrogen-bond donors (Lipinski definition) is 3. The van der Waals surface area contributed by atoms with E-state index in [1.165, 1.54) is 11.3 Å². The van der Waals surface area contributed by atoms with Crippen LogP contribution in [-0.4, -0.2) is 60.2 Å². The zero-order chi connectivity index (χ0) is 27.8. The van der Waals surface area contributed by atoms with E-state index in [9.17, 15) is 14.7 Å². The molecule has 39 heavy (non-hydrogen) atoms. The van der Waals surface area contributed by atoms with Gasteiger partial charge in [-0.25, -0.2) is 4.98 Å². The molecule has 1 saturated carbocycles. The first-order valence-electron chi connectivity index (χ1n) is 13.4. The van der Waals surface area contributed by atoms with E-state index in [4.69, 9.17) is 4.74 Å². The average Bonchev–Trinajstić information content (AvgIpc) is 3.57. The van der Waals surface area contributed by atoms with E-state index in [0.29, 0.717) is 30.6 Å². The topological polar surface area (TPSA) is 104 Å². The maximum atomic E-state index is 13.4. The molecule has 1 aliphatic carbocycles. The van der Waals surface area contributed by atoms with E-state index < -0.39 is 0 Å². The van der Waals surface area contributed by atoms with Crippen molar-refractivity contribution in [2.75, 3.05) is 27.2 Å². The zero-order valence-corrected chi connectivity index (χ0v) is 23.7. The summed E-state index contributed by atoms with van der Waals surface area (Å²) in [7, 11) is 3.41. The lowest BCUT2D eigenvalue weighted by Gasteiger charge is -2.19. The van der Waals surface area contributed by atoms with Crippen molar-refractivity contribution in [1.82, 2.24) is 20.5 Å². The standard InChI is InChI=1S/C30H38N4O4S/c1-20-19-39-28(33-20)18-34(2)30(37)25-14-23(22-8-9-26(35)16-22)13-24(15-25)29(36)32-11-5-10-31-17-21-6-4-7-27(12-21)38-3/h4,6-7,12-15,19,22,26,31,35H,5,8-11,16-18H2,1-3H3,(H,32,36). The second kappa shape index (κ2) is 13.7. The lowest BCUT2D eigenvalue weighted by Crippen LogP contribution is -2.29. The third-order valence-corrected chi connectivity index (χ3v) is 7.96. The normalized spacial score (nSPS) is 16.7. The number of aryl methyl sites for hydroxylation is 1. The lowest BCUT2D eigenvalue weighted by atomic mass is 9.93. The van der Waals surface area contributed by atoms with Crippen LogP contribution in [0.15, 0.2) is 47.8 Å². The summed E-state index contributed by atoms with van der Waals surface area (Å²) in [6, 6.07) is 13.4. The summed E-state index contributed by atoms with van der Waals surface area (Å²) in [6.07, 6.45) is 2.65. The molecule has 2 amide bonds. The number of ether oxygens (including phenoxy) is 1. The fourth-order valence-corrected chi connectivity index (χ4v) is 5.73. The van der Waals surface area contributed by atoms with Gasteiger partial charge in [-0.3, -0.25) is 9.59 Å². The Morgan fingerprint density at radius 2 is 1.97 bits per heavy atom. The van der Waals surface area contributed by atoms with Gasteiger partial charge in [-0.05, 0) is 86.5 Å². The second-order valence-corrected chi connectivity index (χ2v) is 11.1. The zero-order valence-electron chi connectivity index (χ0n) is 22.9. The first kappa shape index (κ1) is 28.7. The number of nitrogens with zero attached hydrogens (tertiary/aromatic N) is 2. The summed E-state index contributed by atoms with van der Waals surface area (Å²) in [6.45, 7) is 4.34. The number of benzene rings is 2. The molecule has 2 atom stereocenters. The number of aromatic nitrogens is 1. The van der Waals surface area contributed by atoms with E-state index in [2.05, 4.69) is 15.6 Å². The third kappa shape index (κ3) is 8.11. The van der Waals surface area contributed by atoms with Crippen LogP contribution in [0.4, 0.5) is 0 Å². The number of aliphatic hydroxyl groups excluding tert-OH is 1. The minimum atomic E-state index is -0.341. The number of methoxy groups -OCH3 is 1. The van der Waals surface area contributed by atoms with Gasteiger partial charge in [0.05, 0.1) is 19.8 Å². The van der Waals surface area contributed by atoms with Crippen LogP contribution in [0.3, 0.4) is 0 Å². The quantitative estimate of drug-likeness (QED) is 0.291. The van der Waals surface area contributed by atoms with Crippen LogP contribution in [0, 0.1) is 6.92 Å². The van der Waals surface area contributed by atoms with Crippen molar-refractivity contribution in [3.63, 3.8) is 0 Å². The van der Waals surface area contributed by atoms with Crippen molar-refractivity contribution in [3.8, 4) is 5.75 Å². The van der Waals surface area contributed by atoms with Crippen LogP contribution in [-0.2, 0) is 13.1 Å². The van der Waals surface area contributed by atoms with Crippen molar-refractivity contribution < 1.29 is 19.4 Å². The summed E-state index contributed by atoms with van der Waals surface area (Å²) in [5.41, 5.74) is 3.96. The van der Waals surface area contributed by atoms with Gasteiger partial charge in [0.15, 0.2) is 0 Å². The Morgan fingerprint density at radius 3 is 2.69 bits per heavy atom. The van der Waals surface area contributed by atoms with Gasteiger partial charge in [0.25, 0.3) is 11.8 Å². The number of carbonyl (C=O) groups excluding carboxylic acids is 2. The first-order chi connectivity index (χ1) is 18.8. The Balaban J connectivity index is 1.36. The molecule has 9 heteroatoms. The smallest absolute Gasteiger partial charge is 0.254 e. The van der Waals surface area contributed by atoms with Crippen LogP contribution < -0.4 is 15.4 Å². The molecular weight excluding hydrogens is 512 g/mol. The van der Waals surface area contributed by atoms with Gasteiger partial charge in [-0.15, -0.1) is 11.3 Å². The van der Waals surface area contributed by atoms with Gasteiger partial charge >= 0.3 is 0 Å². The molecule has 1 aromatic heterocycles. The Morgan fingerprint density at radius 1 is 1.15 bits per heavy atom. The largest absolute Gasteiger partial charge is 0.497 e. The molecule has 0 aliphatic heterocycles.